The van der Waals surface area contributed by atoms with Crippen molar-refractivity contribution in [2.75, 3.05) is 5.32 Å². The van der Waals surface area contributed by atoms with E-state index in [1.807, 2.05) is 6.07 Å². The summed E-state index contributed by atoms with van der Waals surface area (Å²) in [5, 5.41) is 6.95. The highest BCUT2D eigenvalue weighted by Gasteiger charge is 2.00. The van der Waals surface area contributed by atoms with Gasteiger partial charge in [0.15, 0.2) is 0 Å². The molecule has 0 spiro atoms. The molecule has 0 aliphatic carbocycles. The van der Waals surface area contributed by atoms with Gasteiger partial charge in [0.25, 0.3) is 0 Å². The van der Waals surface area contributed by atoms with E-state index in [2.05, 4.69) is 15.5 Å². The fourth-order valence-electron chi connectivity index (χ4n) is 1.20. The first-order valence-corrected chi connectivity index (χ1v) is 5.05. The second-order valence-corrected chi connectivity index (χ2v) is 3.58. The van der Waals surface area contributed by atoms with Gasteiger partial charge in [0.2, 0.25) is 0 Å². The van der Waals surface area contributed by atoms with Crippen LogP contribution in [0.4, 0.5) is 5.69 Å². The molecule has 0 saturated carbocycles. The van der Waals surface area contributed by atoms with Gasteiger partial charge in [0.1, 0.15) is 16.9 Å². The molecule has 82 valence electrons. The number of hydrogen-bond donors (Lipinski definition) is 2. The molecule has 0 bridgehead atoms. The van der Waals surface area contributed by atoms with Crippen LogP contribution in [0.2, 0.25) is 0 Å². The molecule has 5 nitrogen and oxygen atoms in total. The molecule has 2 aromatic rings. The van der Waals surface area contributed by atoms with Crippen molar-refractivity contribution in [2.24, 2.45) is 5.73 Å². The number of aromatic nitrogens is 2. The lowest BCUT2D eigenvalue weighted by atomic mass is 10.3. The van der Waals surface area contributed by atoms with Gasteiger partial charge in [-0.15, -0.1) is 0 Å². The Kier molecular flexibility index (Phi) is 3.11. The van der Waals surface area contributed by atoms with Crippen LogP contribution in [0, 0.1) is 0 Å². The fourth-order valence-corrected chi connectivity index (χ4v) is 1.31. The second-order valence-electron chi connectivity index (χ2n) is 3.14. The van der Waals surface area contributed by atoms with Crippen molar-refractivity contribution in [1.82, 2.24) is 10.1 Å². The van der Waals surface area contributed by atoms with E-state index < -0.39 is 0 Å². The highest BCUT2D eigenvalue weighted by molar-refractivity contribution is 7.80. The molecule has 16 heavy (non-hydrogen) atoms. The quantitative estimate of drug-likeness (QED) is 0.777. The Morgan fingerprint density at radius 2 is 2.38 bits per heavy atom. The van der Waals surface area contributed by atoms with E-state index in [0.29, 0.717) is 12.2 Å². The zero-order valence-electron chi connectivity index (χ0n) is 8.38. The molecule has 0 aliphatic heterocycles. The SMILES string of the molecule is NC(=S)c1cc(NCc2ccon2)ccn1. The lowest BCUT2D eigenvalue weighted by molar-refractivity contribution is 0.412. The molecule has 2 heterocycles. The highest BCUT2D eigenvalue weighted by atomic mass is 32.1. The number of thiocarbonyl (C=S) groups is 1. The number of anilines is 1. The molecule has 0 unspecified atom stereocenters. The van der Waals surface area contributed by atoms with Crippen LogP contribution in [-0.4, -0.2) is 15.1 Å². The smallest absolute Gasteiger partial charge is 0.124 e. The average Bonchev–Trinajstić information content (AvgIpc) is 2.79. The molecule has 6 heteroatoms. The largest absolute Gasteiger partial charge is 0.388 e. The number of rotatable bonds is 4. The molecule has 0 atom stereocenters. The van der Waals surface area contributed by atoms with Gasteiger partial charge in [0, 0.05) is 18.0 Å². The van der Waals surface area contributed by atoms with Crippen molar-refractivity contribution in [3.8, 4) is 0 Å². The third-order valence-electron chi connectivity index (χ3n) is 1.98. The summed E-state index contributed by atoms with van der Waals surface area (Å²) in [6.07, 6.45) is 3.18. The summed E-state index contributed by atoms with van der Waals surface area (Å²) < 4.78 is 4.72. The van der Waals surface area contributed by atoms with Crippen LogP contribution in [0.25, 0.3) is 0 Å². The van der Waals surface area contributed by atoms with Gasteiger partial charge in [-0.3, -0.25) is 4.98 Å². The minimum Gasteiger partial charge on any atom is -0.388 e. The third-order valence-corrected chi connectivity index (χ3v) is 2.19. The van der Waals surface area contributed by atoms with Gasteiger partial charge in [0.05, 0.1) is 12.2 Å². The third kappa shape index (κ3) is 2.54. The Hall–Kier alpha value is -1.95. The molecule has 2 aromatic heterocycles. The van der Waals surface area contributed by atoms with Crippen molar-refractivity contribution in [1.29, 1.82) is 0 Å². The molecular weight excluding hydrogens is 224 g/mol. The monoisotopic (exact) mass is 234 g/mol. The van der Waals surface area contributed by atoms with E-state index >= 15 is 0 Å². The number of pyridine rings is 1. The Labute approximate surface area is 97.7 Å². The number of nitrogens with one attached hydrogen (secondary N) is 1. The normalized spacial score (nSPS) is 10.0. The molecular formula is C10H10N4OS. The van der Waals surface area contributed by atoms with Crippen molar-refractivity contribution in [2.45, 2.75) is 6.54 Å². The first-order valence-electron chi connectivity index (χ1n) is 4.64. The Bertz CT molecular complexity index is 483. The van der Waals surface area contributed by atoms with Crippen molar-refractivity contribution >= 4 is 22.9 Å². The Morgan fingerprint density at radius 1 is 1.50 bits per heavy atom. The molecule has 0 fully saturated rings. The van der Waals surface area contributed by atoms with E-state index in [1.54, 1.807) is 18.3 Å². The lowest BCUT2D eigenvalue weighted by Gasteiger charge is -2.05. The van der Waals surface area contributed by atoms with Gasteiger partial charge in [-0.25, -0.2) is 0 Å². The van der Waals surface area contributed by atoms with Crippen LogP contribution < -0.4 is 11.1 Å². The first-order chi connectivity index (χ1) is 7.75. The molecule has 3 N–H and O–H groups in total. The Balaban J connectivity index is 2.04. The first kappa shape index (κ1) is 10.6. The zero-order chi connectivity index (χ0) is 11.4. The summed E-state index contributed by atoms with van der Waals surface area (Å²) in [5.74, 6) is 0. The average molecular weight is 234 g/mol. The lowest BCUT2D eigenvalue weighted by Crippen LogP contribution is -2.12. The van der Waals surface area contributed by atoms with Gasteiger partial charge in [-0.1, -0.05) is 17.4 Å². The topological polar surface area (TPSA) is 77.0 Å². The van der Waals surface area contributed by atoms with E-state index in [-0.39, 0.29) is 4.99 Å². The van der Waals surface area contributed by atoms with Crippen LogP contribution in [0.3, 0.4) is 0 Å². The fraction of sp³-hybridized carbons (Fsp3) is 0.100. The van der Waals surface area contributed by atoms with E-state index in [4.69, 9.17) is 22.5 Å². The number of hydrogen-bond acceptors (Lipinski definition) is 5. The number of nitrogens with two attached hydrogens (primary N) is 1. The van der Waals surface area contributed by atoms with Gasteiger partial charge < -0.3 is 15.6 Å². The standard InChI is InChI=1S/C10H10N4OS/c11-10(16)9-5-7(1-3-12-9)13-6-8-2-4-15-14-8/h1-5H,6H2,(H2,11,16)(H,12,13). The van der Waals surface area contributed by atoms with E-state index in [0.717, 1.165) is 11.4 Å². The van der Waals surface area contributed by atoms with Crippen molar-refractivity contribution < 1.29 is 4.52 Å². The van der Waals surface area contributed by atoms with Crippen molar-refractivity contribution in [3.63, 3.8) is 0 Å². The number of nitrogens with zero attached hydrogens (tertiary/aromatic N) is 2. The van der Waals surface area contributed by atoms with Crippen LogP contribution in [-0.2, 0) is 6.54 Å². The minimum absolute atomic E-state index is 0.282. The second kappa shape index (κ2) is 4.71. The molecule has 0 aliphatic rings. The predicted molar refractivity (Wildman–Crippen MR) is 64.0 cm³/mol. The predicted octanol–water partition coefficient (Wildman–Crippen LogP) is 1.32. The summed E-state index contributed by atoms with van der Waals surface area (Å²) in [6, 6.07) is 5.42. The van der Waals surface area contributed by atoms with Crippen molar-refractivity contribution in [3.05, 3.63) is 42.0 Å². The van der Waals surface area contributed by atoms with Gasteiger partial charge >= 0.3 is 0 Å². The van der Waals surface area contributed by atoms with Gasteiger partial charge in [-0.05, 0) is 12.1 Å². The maximum absolute atomic E-state index is 5.49. The molecule has 2 rings (SSSR count). The van der Waals surface area contributed by atoms with Gasteiger partial charge in [-0.2, -0.15) is 0 Å². The Morgan fingerprint density at radius 3 is 3.06 bits per heavy atom. The molecule has 0 amide bonds. The van der Waals surface area contributed by atoms with Crippen LogP contribution in [0.15, 0.2) is 35.2 Å². The minimum atomic E-state index is 0.282. The molecule has 0 saturated heterocycles. The summed E-state index contributed by atoms with van der Waals surface area (Å²) in [6.45, 7) is 0.581. The van der Waals surface area contributed by atoms with E-state index in [9.17, 15) is 0 Å². The molecule has 0 aromatic carbocycles. The summed E-state index contributed by atoms with van der Waals surface area (Å²) in [4.78, 5) is 4.33. The van der Waals surface area contributed by atoms with E-state index in [1.165, 1.54) is 6.26 Å². The molecule has 0 radical (unpaired) electrons. The summed E-state index contributed by atoms with van der Waals surface area (Å²) in [7, 11) is 0. The van der Waals surface area contributed by atoms with Crippen LogP contribution in [0.5, 0.6) is 0 Å². The highest BCUT2D eigenvalue weighted by Crippen LogP contribution is 2.09. The summed E-state index contributed by atoms with van der Waals surface area (Å²) in [5.41, 5.74) is 7.80. The van der Waals surface area contributed by atoms with Crippen LogP contribution >= 0.6 is 12.2 Å². The maximum Gasteiger partial charge on any atom is 0.124 e. The zero-order valence-corrected chi connectivity index (χ0v) is 9.20. The van der Waals surface area contributed by atoms with Crippen LogP contribution in [0.1, 0.15) is 11.4 Å². The summed E-state index contributed by atoms with van der Waals surface area (Å²) >= 11 is 4.85. The maximum atomic E-state index is 5.49.